The number of likely N-dealkylation sites (tertiary alicyclic amines) is 1. The summed E-state index contributed by atoms with van der Waals surface area (Å²) >= 11 is 12.2. The van der Waals surface area contributed by atoms with Crippen LogP contribution in [0.25, 0.3) is 0 Å². The number of aryl methyl sites for hydroxylation is 1. The normalized spacial score (nSPS) is 24.3. The molecule has 0 aromatic heterocycles. The van der Waals surface area contributed by atoms with Crippen molar-refractivity contribution in [2.24, 2.45) is 5.92 Å². The first-order valence-electron chi connectivity index (χ1n) is 10.6. The second-order valence-electron chi connectivity index (χ2n) is 8.39. The molecule has 4 rings (SSSR count). The van der Waals surface area contributed by atoms with Gasteiger partial charge in [0.15, 0.2) is 5.60 Å². The summed E-state index contributed by atoms with van der Waals surface area (Å²) < 4.78 is 6.12. The molecule has 32 heavy (non-hydrogen) atoms. The van der Waals surface area contributed by atoms with Crippen LogP contribution in [0.5, 0.6) is 0 Å². The number of benzene rings is 2. The maximum atomic E-state index is 13.2. The molecule has 1 aliphatic heterocycles. The molecule has 3 unspecified atom stereocenters. The Hall–Kier alpha value is -2.68. The number of carbonyl (C=O) groups is 2. The molecule has 1 N–H and O–H groups in total. The van der Waals surface area contributed by atoms with Crippen LogP contribution < -0.4 is 0 Å². The van der Waals surface area contributed by atoms with Crippen LogP contribution in [0.15, 0.2) is 42.5 Å². The van der Waals surface area contributed by atoms with E-state index in [1.165, 1.54) is 17.0 Å². The SMILES string of the molecule is Cc1cccc(C#CC2(OC(=O)c3cc(Cl)cc(Cl)c3)CCCC3C2CCN3C(=O)O)c1. The van der Waals surface area contributed by atoms with Gasteiger partial charge >= 0.3 is 12.1 Å². The van der Waals surface area contributed by atoms with Gasteiger partial charge in [-0.2, -0.15) is 0 Å². The summed E-state index contributed by atoms with van der Waals surface area (Å²) in [6, 6.07) is 12.1. The summed E-state index contributed by atoms with van der Waals surface area (Å²) in [6.45, 7) is 2.39. The zero-order valence-electron chi connectivity index (χ0n) is 17.6. The minimum atomic E-state index is -1.09. The molecular formula is C25H23Cl2NO4. The monoisotopic (exact) mass is 471 g/mol. The minimum absolute atomic E-state index is 0.205. The number of nitrogens with zero attached hydrogens (tertiary/aromatic N) is 1. The Bertz CT molecular complexity index is 1100. The van der Waals surface area contributed by atoms with Crippen LogP contribution in [0.2, 0.25) is 10.0 Å². The van der Waals surface area contributed by atoms with Crippen molar-refractivity contribution in [3.05, 3.63) is 69.2 Å². The van der Waals surface area contributed by atoms with E-state index >= 15 is 0 Å². The van der Waals surface area contributed by atoms with E-state index in [1.807, 2.05) is 31.2 Å². The standard InChI is InChI=1S/C25H23Cl2NO4/c1-16-4-2-5-17(12-16)7-10-25(32-23(29)18-13-19(26)15-20(27)14-18)9-3-6-22-21(25)8-11-28(22)24(30)31/h2,4-5,12-15,21-22H,3,6,8-9,11H2,1H3,(H,30,31). The fourth-order valence-electron chi connectivity index (χ4n) is 4.86. The highest BCUT2D eigenvalue weighted by Gasteiger charge is 2.53. The van der Waals surface area contributed by atoms with Crippen LogP contribution >= 0.6 is 23.2 Å². The van der Waals surface area contributed by atoms with Gasteiger partial charge in [-0.15, -0.1) is 0 Å². The number of rotatable bonds is 2. The number of fused-ring (bicyclic) bond motifs is 1. The van der Waals surface area contributed by atoms with Crippen molar-refractivity contribution in [1.29, 1.82) is 0 Å². The van der Waals surface area contributed by atoms with E-state index in [0.29, 0.717) is 35.9 Å². The maximum absolute atomic E-state index is 13.2. The Morgan fingerprint density at radius 2 is 1.91 bits per heavy atom. The Kier molecular flexibility index (Phi) is 6.37. The third kappa shape index (κ3) is 4.57. The minimum Gasteiger partial charge on any atom is -0.465 e. The van der Waals surface area contributed by atoms with Gasteiger partial charge in [0.25, 0.3) is 0 Å². The first-order chi connectivity index (χ1) is 15.3. The molecule has 166 valence electrons. The summed E-state index contributed by atoms with van der Waals surface area (Å²) in [5, 5.41) is 10.3. The second-order valence-corrected chi connectivity index (χ2v) is 9.26. The van der Waals surface area contributed by atoms with E-state index < -0.39 is 17.7 Å². The molecule has 0 bridgehead atoms. The van der Waals surface area contributed by atoms with Crippen molar-refractivity contribution >= 4 is 35.3 Å². The lowest BCUT2D eigenvalue weighted by atomic mass is 9.72. The van der Waals surface area contributed by atoms with E-state index in [-0.39, 0.29) is 17.5 Å². The molecule has 1 saturated heterocycles. The number of hydrogen-bond acceptors (Lipinski definition) is 3. The number of ether oxygens (including phenoxy) is 1. The fraction of sp³-hybridized carbons (Fsp3) is 0.360. The van der Waals surface area contributed by atoms with Gasteiger partial charge in [-0.1, -0.05) is 41.3 Å². The van der Waals surface area contributed by atoms with Crippen LogP contribution in [0, 0.1) is 24.7 Å². The number of carboxylic acid groups (broad SMARTS) is 1. The molecule has 1 amide bonds. The third-order valence-corrected chi connectivity index (χ3v) is 6.68. The first kappa shape index (κ1) is 22.5. The summed E-state index contributed by atoms with van der Waals surface area (Å²) in [5.41, 5.74) is 1.05. The lowest BCUT2D eigenvalue weighted by molar-refractivity contribution is -0.0440. The number of esters is 1. The molecule has 1 aliphatic carbocycles. The quantitative estimate of drug-likeness (QED) is 0.443. The van der Waals surface area contributed by atoms with Crippen molar-refractivity contribution in [3.63, 3.8) is 0 Å². The molecule has 1 heterocycles. The smallest absolute Gasteiger partial charge is 0.407 e. The summed E-state index contributed by atoms with van der Waals surface area (Å²) in [5.74, 6) is 5.68. The Balaban J connectivity index is 1.73. The van der Waals surface area contributed by atoms with Gasteiger partial charge in [0.05, 0.1) is 5.56 Å². The summed E-state index contributed by atoms with van der Waals surface area (Å²) in [6.07, 6.45) is 1.61. The molecule has 0 radical (unpaired) electrons. The number of hydrogen-bond donors (Lipinski definition) is 1. The van der Waals surface area contributed by atoms with Gasteiger partial charge < -0.3 is 14.7 Å². The molecule has 0 spiro atoms. The molecule has 5 nitrogen and oxygen atoms in total. The van der Waals surface area contributed by atoms with Crippen molar-refractivity contribution in [2.45, 2.75) is 44.2 Å². The van der Waals surface area contributed by atoms with E-state index in [2.05, 4.69) is 11.8 Å². The average Bonchev–Trinajstić information content (AvgIpc) is 3.18. The van der Waals surface area contributed by atoms with Gasteiger partial charge in [-0.3, -0.25) is 0 Å². The molecular weight excluding hydrogens is 449 g/mol. The van der Waals surface area contributed by atoms with Crippen molar-refractivity contribution in [3.8, 4) is 11.8 Å². The van der Waals surface area contributed by atoms with Gasteiger partial charge in [-0.25, -0.2) is 9.59 Å². The molecule has 2 aromatic carbocycles. The summed E-state index contributed by atoms with van der Waals surface area (Å²) in [4.78, 5) is 26.4. The van der Waals surface area contributed by atoms with Crippen LogP contribution in [0.4, 0.5) is 4.79 Å². The Morgan fingerprint density at radius 1 is 1.16 bits per heavy atom. The highest BCUT2D eigenvalue weighted by molar-refractivity contribution is 6.35. The number of carbonyl (C=O) groups excluding carboxylic acids is 1. The predicted molar refractivity (Wildman–Crippen MR) is 123 cm³/mol. The van der Waals surface area contributed by atoms with E-state index in [0.717, 1.165) is 17.5 Å². The first-order valence-corrected chi connectivity index (χ1v) is 11.3. The molecule has 1 saturated carbocycles. The van der Waals surface area contributed by atoms with E-state index in [1.54, 1.807) is 6.07 Å². The maximum Gasteiger partial charge on any atom is 0.407 e. The molecule has 2 aromatic rings. The van der Waals surface area contributed by atoms with E-state index in [4.69, 9.17) is 27.9 Å². The Morgan fingerprint density at radius 3 is 2.59 bits per heavy atom. The van der Waals surface area contributed by atoms with Crippen LogP contribution in [0.1, 0.15) is 47.2 Å². The van der Waals surface area contributed by atoms with Gasteiger partial charge in [0.2, 0.25) is 0 Å². The second kappa shape index (κ2) is 9.05. The predicted octanol–water partition coefficient (Wildman–Crippen LogP) is 5.80. The third-order valence-electron chi connectivity index (χ3n) is 6.25. The topological polar surface area (TPSA) is 66.8 Å². The number of amides is 1. The molecule has 2 fully saturated rings. The average molecular weight is 472 g/mol. The lowest BCUT2D eigenvalue weighted by Gasteiger charge is -2.42. The van der Waals surface area contributed by atoms with Crippen LogP contribution in [-0.4, -0.2) is 40.3 Å². The van der Waals surface area contributed by atoms with Gasteiger partial charge in [0, 0.05) is 34.1 Å². The van der Waals surface area contributed by atoms with Crippen LogP contribution in [0.3, 0.4) is 0 Å². The van der Waals surface area contributed by atoms with Crippen molar-refractivity contribution in [1.82, 2.24) is 4.90 Å². The van der Waals surface area contributed by atoms with Crippen LogP contribution in [-0.2, 0) is 4.74 Å². The van der Waals surface area contributed by atoms with Gasteiger partial charge in [0.1, 0.15) is 0 Å². The van der Waals surface area contributed by atoms with Crippen molar-refractivity contribution < 1.29 is 19.4 Å². The lowest BCUT2D eigenvalue weighted by Crippen LogP contribution is -2.51. The fourth-order valence-corrected chi connectivity index (χ4v) is 5.38. The largest absolute Gasteiger partial charge is 0.465 e. The molecule has 7 heteroatoms. The Labute approximate surface area is 197 Å². The zero-order valence-corrected chi connectivity index (χ0v) is 19.1. The van der Waals surface area contributed by atoms with Gasteiger partial charge in [-0.05, 0) is 74.4 Å². The van der Waals surface area contributed by atoms with E-state index in [9.17, 15) is 14.7 Å². The molecule has 2 aliphatic rings. The highest BCUT2D eigenvalue weighted by Crippen LogP contribution is 2.45. The highest BCUT2D eigenvalue weighted by atomic mass is 35.5. The molecule has 3 atom stereocenters. The van der Waals surface area contributed by atoms with Crippen molar-refractivity contribution in [2.75, 3.05) is 6.54 Å². The zero-order chi connectivity index (χ0) is 22.9. The summed E-state index contributed by atoms with van der Waals surface area (Å²) in [7, 11) is 0. The number of halogens is 2.